The SMILES string of the molecule is CCOc1ccc(-c2ccc(=O)n(Cc3nc(-c4ccccc4C)no3)n2)cc1. The molecule has 0 fully saturated rings. The highest BCUT2D eigenvalue weighted by Crippen LogP contribution is 2.21. The summed E-state index contributed by atoms with van der Waals surface area (Å²) >= 11 is 0. The van der Waals surface area contributed by atoms with Gasteiger partial charge in [0.25, 0.3) is 5.56 Å². The number of aryl methyl sites for hydroxylation is 1. The van der Waals surface area contributed by atoms with E-state index >= 15 is 0 Å². The molecule has 0 N–H and O–H groups in total. The summed E-state index contributed by atoms with van der Waals surface area (Å²) in [4.78, 5) is 16.7. The zero-order chi connectivity index (χ0) is 20.2. The number of benzene rings is 2. The summed E-state index contributed by atoms with van der Waals surface area (Å²) in [6.07, 6.45) is 0. The summed E-state index contributed by atoms with van der Waals surface area (Å²) in [5.74, 6) is 1.61. The van der Waals surface area contributed by atoms with Gasteiger partial charge in [-0.1, -0.05) is 29.4 Å². The molecule has 29 heavy (non-hydrogen) atoms. The molecule has 0 saturated heterocycles. The van der Waals surface area contributed by atoms with E-state index in [4.69, 9.17) is 9.26 Å². The number of aromatic nitrogens is 4. The normalized spacial score (nSPS) is 10.8. The molecule has 4 aromatic rings. The van der Waals surface area contributed by atoms with Crippen LogP contribution < -0.4 is 10.3 Å². The van der Waals surface area contributed by atoms with E-state index in [1.54, 1.807) is 6.07 Å². The highest BCUT2D eigenvalue weighted by atomic mass is 16.5. The lowest BCUT2D eigenvalue weighted by Crippen LogP contribution is -2.23. The molecule has 146 valence electrons. The van der Waals surface area contributed by atoms with E-state index in [1.807, 2.05) is 62.4 Å². The van der Waals surface area contributed by atoms with Crippen LogP contribution in [0.15, 0.2) is 70.0 Å². The zero-order valence-electron chi connectivity index (χ0n) is 16.2. The summed E-state index contributed by atoms with van der Waals surface area (Å²) in [7, 11) is 0. The van der Waals surface area contributed by atoms with Gasteiger partial charge in [-0.05, 0) is 49.7 Å². The molecule has 2 aromatic heterocycles. The van der Waals surface area contributed by atoms with Crippen LogP contribution in [-0.2, 0) is 6.54 Å². The van der Waals surface area contributed by atoms with Gasteiger partial charge in [0, 0.05) is 17.2 Å². The number of hydrogen-bond donors (Lipinski definition) is 0. The van der Waals surface area contributed by atoms with Crippen LogP contribution in [0.4, 0.5) is 0 Å². The molecule has 0 unspecified atom stereocenters. The van der Waals surface area contributed by atoms with Crippen molar-refractivity contribution in [3.63, 3.8) is 0 Å². The first-order valence-electron chi connectivity index (χ1n) is 9.34. The van der Waals surface area contributed by atoms with Crippen LogP contribution >= 0.6 is 0 Å². The van der Waals surface area contributed by atoms with Crippen LogP contribution in [-0.4, -0.2) is 26.5 Å². The van der Waals surface area contributed by atoms with Crippen LogP contribution in [0.3, 0.4) is 0 Å². The number of ether oxygens (including phenoxy) is 1. The Hall–Kier alpha value is -3.74. The van der Waals surface area contributed by atoms with E-state index in [0.717, 1.165) is 22.4 Å². The van der Waals surface area contributed by atoms with Gasteiger partial charge in [0.1, 0.15) is 12.3 Å². The Morgan fingerprint density at radius 2 is 1.83 bits per heavy atom. The Morgan fingerprint density at radius 1 is 1.03 bits per heavy atom. The number of hydrogen-bond acceptors (Lipinski definition) is 6. The maximum absolute atomic E-state index is 12.3. The Balaban J connectivity index is 1.59. The van der Waals surface area contributed by atoms with Crippen LogP contribution in [0.2, 0.25) is 0 Å². The van der Waals surface area contributed by atoms with E-state index in [9.17, 15) is 4.79 Å². The minimum absolute atomic E-state index is 0.0998. The Kier molecular flexibility index (Phi) is 5.20. The second kappa shape index (κ2) is 8.10. The smallest absolute Gasteiger partial charge is 0.267 e. The van der Waals surface area contributed by atoms with Crippen molar-refractivity contribution in [1.82, 2.24) is 19.9 Å². The quantitative estimate of drug-likeness (QED) is 0.501. The van der Waals surface area contributed by atoms with Crippen molar-refractivity contribution in [2.75, 3.05) is 6.61 Å². The molecule has 0 amide bonds. The first-order chi connectivity index (χ1) is 14.1. The molecule has 0 radical (unpaired) electrons. The molecule has 0 aliphatic carbocycles. The predicted molar refractivity (Wildman–Crippen MR) is 109 cm³/mol. The maximum atomic E-state index is 12.3. The highest BCUT2D eigenvalue weighted by molar-refractivity contribution is 5.60. The van der Waals surface area contributed by atoms with Gasteiger partial charge in [-0.15, -0.1) is 0 Å². The van der Waals surface area contributed by atoms with Gasteiger partial charge in [-0.2, -0.15) is 10.1 Å². The van der Waals surface area contributed by atoms with Gasteiger partial charge in [0.2, 0.25) is 11.7 Å². The van der Waals surface area contributed by atoms with Gasteiger partial charge in [-0.25, -0.2) is 4.68 Å². The van der Waals surface area contributed by atoms with Crippen LogP contribution in [0.5, 0.6) is 5.75 Å². The first-order valence-corrected chi connectivity index (χ1v) is 9.34. The summed E-state index contributed by atoms with van der Waals surface area (Å²) in [6.45, 7) is 4.63. The van der Waals surface area contributed by atoms with Gasteiger partial charge >= 0.3 is 0 Å². The summed E-state index contributed by atoms with van der Waals surface area (Å²) in [6, 6.07) is 18.5. The van der Waals surface area contributed by atoms with Crippen LogP contribution in [0.1, 0.15) is 18.4 Å². The second-order valence-corrected chi connectivity index (χ2v) is 6.50. The van der Waals surface area contributed by atoms with Crippen molar-refractivity contribution in [3.05, 3.63) is 82.5 Å². The third-order valence-corrected chi connectivity index (χ3v) is 4.47. The Labute approximate surface area is 167 Å². The monoisotopic (exact) mass is 388 g/mol. The third kappa shape index (κ3) is 4.08. The summed E-state index contributed by atoms with van der Waals surface area (Å²) in [5, 5.41) is 8.49. The number of nitrogens with zero attached hydrogens (tertiary/aromatic N) is 4. The molecule has 7 nitrogen and oxygen atoms in total. The number of rotatable bonds is 6. The van der Waals surface area contributed by atoms with Crippen LogP contribution in [0, 0.1) is 6.92 Å². The topological polar surface area (TPSA) is 83.0 Å². The van der Waals surface area contributed by atoms with Gasteiger partial charge in [0.05, 0.1) is 12.3 Å². The van der Waals surface area contributed by atoms with E-state index in [1.165, 1.54) is 10.7 Å². The van der Waals surface area contributed by atoms with Gasteiger partial charge < -0.3 is 9.26 Å². The molecular formula is C22H20N4O3. The Morgan fingerprint density at radius 3 is 2.59 bits per heavy atom. The second-order valence-electron chi connectivity index (χ2n) is 6.50. The zero-order valence-corrected chi connectivity index (χ0v) is 16.2. The van der Waals surface area contributed by atoms with Crippen LogP contribution in [0.25, 0.3) is 22.6 Å². The molecule has 7 heteroatoms. The van der Waals surface area contributed by atoms with E-state index in [0.29, 0.717) is 24.0 Å². The van der Waals surface area contributed by atoms with Crippen molar-refractivity contribution >= 4 is 0 Å². The van der Waals surface area contributed by atoms with Crippen molar-refractivity contribution < 1.29 is 9.26 Å². The molecule has 0 atom stereocenters. The molecule has 0 aliphatic heterocycles. The first kappa shape index (κ1) is 18.6. The van der Waals surface area contributed by atoms with Crippen molar-refractivity contribution in [2.45, 2.75) is 20.4 Å². The molecule has 0 bridgehead atoms. The molecule has 0 spiro atoms. The lowest BCUT2D eigenvalue weighted by atomic mass is 10.1. The fourth-order valence-corrected chi connectivity index (χ4v) is 2.99. The average Bonchev–Trinajstić information content (AvgIpc) is 3.19. The molecule has 2 aromatic carbocycles. The minimum Gasteiger partial charge on any atom is -0.494 e. The van der Waals surface area contributed by atoms with Crippen molar-refractivity contribution in [2.24, 2.45) is 0 Å². The largest absolute Gasteiger partial charge is 0.494 e. The lowest BCUT2D eigenvalue weighted by Gasteiger charge is -2.07. The van der Waals surface area contributed by atoms with Gasteiger partial charge in [-0.3, -0.25) is 4.79 Å². The summed E-state index contributed by atoms with van der Waals surface area (Å²) in [5.41, 5.74) is 3.26. The van der Waals surface area contributed by atoms with Crippen molar-refractivity contribution in [1.29, 1.82) is 0 Å². The summed E-state index contributed by atoms with van der Waals surface area (Å²) < 4.78 is 12.1. The molecule has 2 heterocycles. The standard InChI is InChI=1S/C22H20N4O3/c1-3-28-17-10-8-16(9-11-17)19-12-13-21(27)26(24-19)14-20-23-22(25-29-20)18-7-5-4-6-15(18)2/h4-13H,3,14H2,1-2H3. The third-order valence-electron chi connectivity index (χ3n) is 4.47. The highest BCUT2D eigenvalue weighted by Gasteiger charge is 2.12. The van der Waals surface area contributed by atoms with E-state index < -0.39 is 0 Å². The maximum Gasteiger partial charge on any atom is 0.267 e. The lowest BCUT2D eigenvalue weighted by molar-refractivity contribution is 0.340. The fraction of sp³-hybridized carbons (Fsp3) is 0.182. The van der Waals surface area contributed by atoms with Gasteiger partial charge in [0.15, 0.2) is 0 Å². The fourth-order valence-electron chi connectivity index (χ4n) is 2.99. The van der Waals surface area contributed by atoms with E-state index in [-0.39, 0.29) is 12.1 Å². The Bertz CT molecular complexity index is 1180. The minimum atomic E-state index is -0.240. The molecule has 0 aliphatic rings. The average molecular weight is 388 g/mol. The van der Waals surface area contributed by atoms with E-state index in [2.05, 4.69) is 15.2 Å². The molecular weight excluding hydrogens is 368 g/mol. The molecule has 4 rings (SSSR count). The predicted octanol–water partition coefficient (Wildman–Crippen LogP) is 3.72. The molecule has 0 saturated carbocycles. The van der Waals surface area contributed by atoms with Crippen molar-refractivity contribution in [3.8, 4) is 28.4 Å².